The summed E-state index contributed by atoms with van der Waals surface area (Å²) in [5.41, 5.74) is 2.44. The Labute approximate surface area is 111 Å². The molecule has 0 heterocycles. The Morgan fingerprint density at radius 3 is 2.53 bits per heavy atom. The predicted octanol–water partition coefficient (Wildman–Crippen LogP) is 1.93. The van der Waals surface area contributed by atoms with E-state index < -0.39 is 0 Å². The van der Waals surface area contributed by atoms with Crippen LogP contribution in [0.3, 0.4) is 0 Å². The van der Waals surface area contributed by atoms with Gasteiger partial charge in [0.05, 0.1) is 6.61 Å². The number of aliphatic hydroxyl groups excluding tert-OH is 2. The summed E-state index contributed by atoms with van der Waals surface area (Å²) >= 11 is 3.56. The van der Waals surface area contributed by atoms with Crippen LogP contribution in [0.5, 0.6) is 0 Å². The maximum absolute atomic E-state index is 9.01. The average Bonchev–Trinajstić information content (AvgIpc) is 2.29. The molecule has 0 atom stereocenters. The van der Waals surface area contributed by atoms with Gasteiger partial charge >= 0.3 is 0 Å². The van der Waals surface area contributed by atoms with Gasteiger partial charge in [0.1, 0.15) is 0 Å². The molecule has 1 rings (SSSR count). The first-order valence-corrected chi connectivity index (χ1v) is 6.65. The van der Waals surface area contributed by atoms with Crippen molar-refractivity contribution in [2.24, 2.45) is 0 Å². The van der Waals surface area contributed by atoms with Gasteiger partial charge in [0.15, 0.2) is 0 Å². The summed E-state index contributed by atoms with van der Waals surface area (Å²) in [7, 11) is 0. The van der Waals surface area contributed by atoms with Gasteiger partial charge in [0, 0.05) is 30.7 Å². The van der Waals surface area contributed by atoms with Crippen LogP contribution in [0.25, 0.3) is 0 Å². The minimum Gasteiger partial charge on any atom is -0.396 e. The average molecular weight is 302 g/mol. The molecule has 2 N–H and O–H groups in total. The van der Waals surface area contributed by atoms with Crippen LogP contribution in [0.2, 0.25) is 0 Å². The highest BCUT2D eigenvalue weighted by atomic mass is 79.9. The largest absolute Gasteiger partial charge is 0.396 e. The molecule has 0 aliphatic carbocycles. The molecule has 0 unspecified atom stereocenters. The van der Waals surface area contributed by atoms with Crippen LogP contribution < -0.4 is 0 Å². The monoisotopic (exact) mass is 301 g/mol. The van der Waals surface area contributed by atoms with Crippen LogP contribution in [0.1, 0.15) is 17.5 Å². The molecule has 0 spiro atoms. The summed E-state index contributed by atoms with van der Waals surface area (Å²) in [6.07, 6.45) is 0.740. The summed E-state index contributed by atoms with van der Waals surface area (Å²) < 4.78 is 1.10. The number of halogens is 1. The van der Waals surface area contributed by atoms with Crippen molar-refractivity contribution in [3.8, 4) is 0 Å². The van der Waals surface area contributed by atoms with Crippen LogP contribution in [0.4, 0.5) is 0 Å². The van der Waals surface area contributed by atoms with E-state index in [4.69, 9.17) is 10.2 Å². The van der Waals surface area contributed by atoms with Gasteiger partial charge in [-0.25, -0.2) is 0 Å². The number of hydrogen-bond donors (Lipinski definition) is 2. The molecule has 0 radical (unpaired) electrons. The van der Waals surface area contributed by atoms with Crippen LogP contribution in [0.15, 0.2) is 22.7 Å². The number of aryl methyl sites for hydroxylation is 1. The Balaban J connectivity index is 2.64. The van der Waals surface area contributed by atoms with E-state index in [1.807, 2.05) is 0 Å². The summed E-state index contributed by atoms with van der Waals surface area (Å²) in [6.45, 7) is 4.64. The standard InChI is InChI=1S/C13H20BrNO2/c1-11-3-4-12(13(14)9-11)10-15(6-8-17)5-2-7-16/h3-4,9,16-17H,2,5-8,10H2,1H3. The molecule has 96 valence electrons. The molecule has 3 nitrogen and oxygen atoms in total. The molecule has 17 heavy (non-hydrogen) atoms. The van der Waals surface area contributed by atoms with Crippen molar-refractivity contribution in [1.82, 2.24) is 4.90 Å². The van der Waals surface area contributed by atoms with Gasteiger partial charge in [-0.1, -0.05) is 28.1 Å². The van der Waals surface area contributed by atoms with Crippen molar-refractivity contribution in [3.63, 3.8) is 0 Å². The van der Waals surface area contributed by atoms with Gasteiger partial charge in [-0.05, 0) is 30.5 Å². The predicted molar refractivity (Wildman–Crippen MR) is 72.9 cm³/mol. The second kappa shape index (κ2) is 7.82. The highest BCUT2D eigenvalue weighted by Gasteiger charge is 2.07. The molecule has 0 aromatic heterocycles. The van der Waals surface area contributed by atoms with Crippen LogP contribution in [-0.2, 0) is 6.54 Å². The highest BCUT2D eigenvalue weighted by Crippen LogP contribution is 2.20. The number of hydrogen-bond acceptors (Lipinski definition) is 3. The van der Waals surface area contributed by atoms with E-state index in [-0.39, 0.29) is 13.2 Å². The van der Waals surface area contributed by atoms with Crippen molar-refractivity contribution >= 4 is 15.9 Å². The number of nitrogens with zero attached hydrogens (tertiary/aromatic N) is 1. The first-order chi connectivity index (χ1) is 8.17. The lowest BCUT2D eigenvalue weighted by Crippen LogP contribution is -2.28. The summed E-state index contributed by atoms with van der Waals surface area (Å²) in [4.78, 5) is 2.14. The normalized spacial score (nSPS) is 11.1. The lowest BCUT2D eigenvalue weighted by Gasteiger charge is -2.21. The second-order valence-electron chi connectivity index (χ2n) is 4.17. The summed E-state index contributed by atoms with van der Waals surface area (Å²) in [5, 5.41) is 17.9. The Bertz CT molecular complexity index is 344. The van der Waals surface area contributed by atoms with Crippen molar-refractivity contribution in [2.45, 2.75) is 19.9 Å². The molecule has 0 saturated carbocycles. The number of benzene rings is 1. The third-order valence-electron chi connectivity index (χ3n) is 2.65. The fraction of sp³-hybridized carbons (Fsp3) is 0.538. The van der Waals surface area contributed by atoms with Crippen molar-refractivity contribution < 1.29 is 10.2 Å². The Morgan fingerprint density at radius 1 is 1.18 bits per heavy atom. The first-order valence-electron chi connectivity index (χ1n) is 5.86. The smallest absolute Gasteiger partial charge is 0.0558 e. The minimum atomic E-state index is 0.148. The Kier molecular flexibility index (Phi) is 6.73. The molecule has 0 aliphatic heterocycles. The van der Waals surface area contributed by atoms with Crippen LogP contribution in [0, 0.1) is 6.92 Å². The van der Waals surface area contributed by atoms with Gasteiger partial charge in [0.2, 0.25) is 0 Å². The fourth-order valence-corrected chi connectivity index (χ4v) is 2.35. The second-order valence-corrected chi connectivity index (χ2v) is 5.03. The maximum Gasteiger partial charge on any atom is 0.0558 e. The van der Waals surface area contributed by atoms with Crippen LogP contribution >= 0.6 is 15.9 Å². The number of aliphatic hydroxyl groups is 2. The minimum absolute atomic E-state index is 0.148. The van der Waals surface area contributed by atoms with Crippen LogP contribution in [-0.4, -0.2) is 41.4 Å². The van der Waals surface area contributed by atoms with E-state index in [0.717, 1.165) is 24.0 Å². The Hall–Kier alpha value is -0.420. The lowest BCUT2D eigenvalue weighted by molar-refractivity contribution is 0.174. The molecule has 4 heteroatoms. The molecule has 1 aromatic rings. The zero-order chi connectivity index (χ0) is 12.7. The molecular weight excluding hydrogens is 282 g/mol. The van der Waals surface area contributed by atoms with Gasteiger partial charge in [-0.15, -0.1) is 0 Å². The van der Waals surface area contributed by atoms with Crippen molar-refractivity contribution in [2.75, 3.05) is 26.3 Å². The topological polar surface area (TPSA) is 43.7 Å². The zero-order valence-electron chi connectivity index (χ0n) is 10.2. The van der Waals surface area contributed by atoms with E-state index in [1.54, 1.807) is 0 Å². The highest BCUT2D eigenvalue weighted by molar-refractivity contribution is 9.10. The quantitative estimate of drug-likeness (QED) is 0.809. The third-order valence-corrected chi connectivity index (χ3v) is 3.39. The van der Waals surface area contributed by atoms with Gasteiger partial charge in [-0.3, -0.25) is 4.90 Å². The molecule has 0 saturated heterocycles. The van der Waals surface area contributed by atoms with E-state index in [1.165, 1.54) is 11.1 Å². The molecule has 0 aliphatic rings. The van der Waals surface area contributed by atoms with Gasteiger partial charge in [0.25, 0.3) is 0 Å². The molecule has 0 amide bonds. The maximum atomic E-state index is 9.01. The van der Waals surface area contributed by atoms with E-state index in [9.17, 15) is 0 Å². The van der Waals surface area contributed by atoms with E-state index >= 15 is 0 Å². The molecular formula is C13H20BrNO2. The first kappa shape index (κ1) is 14.6. The molecule has 1 aromatic carbocycles. The van der Waals surface area contributed by atoms with Crippen molar-refractivity contribution in [3.05, 3.63) is 33.8 Å². The summed E-state index contributed by atoms with van der Waals surface area (Å²) in [6, 6.07) is 6.28. The SMILES string of the molecule is Cc1ccc(CN(CCO)CCCO)c(Br)c1. The van der Waals surface area contributed by atoms with Gasteiger partial charge < -0.3 is 10.2 Å². The van der Waals surface area contributed by atoms with E-state index in [2.05, 4.69) is 46.0 Å². The lowest BCUT2D eigenvalue weighted by atomic mass is 10.1. The molecule has 0 bridgehead atoms. The fourth-order valence-electron chi connectivity index (χ4n) is 1.73. The Morgan fingerprint density at radius 2 is 1.94 bits per heavy atom. The molecule has 0 fully saturated rings. The van der Waals surface area contributed by atoms with E-state index in [0.29, 0.717) is 6.54 Å². The van der Waals surface area contributed by atoms with Crippen molar-refractivity contribution in [1.29, 1.82) is 0 Å². The third kappa shape index (κ3) is 5.17. The number of rotatable bonds is 7. The summed E-state index contributed by atoms with van der Waals surface area (Å²) in [5.74, 6) is 0. The zero-order valence-corrected chi connectivity index (χ0v) is 11.8. The van der Waals surface area contributed by atoms with Gasteiger partial charge in [-0.2, -0.15) is 0 Å².